The molecule has 0 aliphatic carbocycles. The predicted octanol–water partition coefficient (Wildman–Crippen LogP) is 7.41. The average molecular weight is 811 g/mol. The lowest BCUT2D eigenvalue weighted by molar-refractivity contribution is 0.188. The van der Waals surface area contributed by atoms with Crippen molar-refractivity contribution in [2.24, 2.45) is 10.2 Å². The van der Waals surface area contributed by atoms with Crippen molar-refractivity contribution in [1.82, 2.24) is 15.0 Å². The van der Waals surface area contributed by atoms with Crippen molar-refractivity contribution >= 4 is 80.2 Å². The molecule has 0 amide bonds. The molecule has 0 unspecified atom stereocenters. The molecule has 5 rings (SSSR count). The number of rotatable bonds is 17. The Hall–Kier alpha value is -5.09. The summed E-state index contributed by atoms with van der Waals surface area (Å²) >= 11 is 0. The highest BCUT2D eigenvalue weighted by Crippen LogP contribution is 2.42. The number of aryl methyl sites for hydroxylation is 1. The summed E-state index contributed by atoms with van der Waals surface area (Å²) in [6, 6.07) is 19.2. The number of anilines is 5. The van der Waals surface area contributed by atoms with E-state index in [0.717, 1.165) is 17.8 Å². The van der Waals surface area contributed by atoms with Crippen LogP contribution in [-0.4, -0.2) is 81.4 Å². The van der Waals surface area contributed by atoms with Gasteiger partial charge in [0.1, 0.15) is 16.3 Å². The number of hydrogen-bond acceptors (Lipinski definition) is 15. The molecule has 0 aliphatic rings. The summed E-state index contributed by atoms with van der Waals surface area (Å²) in [5.41, 5.74) is 0.963. The highest BCUT2D eigenvalue weighted by atomic mass is 32.2. The van der Waals surface area contributed by atoms with Crippen molar-refractivity contribution in [3.05, 3.63) is 78.4 Å². The topological polar surface area (TPSA) is 238 Å². The monoisotopic (exact) mass is 810 g/mol. The third kappa shape index (κ3) is 10.4. The number of benzene rings is 4. The van der Waals surface area contributed by atoms with Gasteiger partial charge >= 0.3 is 8.56 Å². The molecule has 1 heterocycles. The van der Waals surface area contributed by atoms with Crippen LogP contribution < -0.4 is 15.5 Å². The molecule has 4 aromatic carbocycles. The van der Waals surface area contributed by atoms with Gasteiger partial charge in [0.25, 0.3) is 20.2 Å². The number of nitrogens with one attached hydrogen (secondary N) is 2. The number of para-hydroxylation sites is 1. The molecular weight excluding hydrogens is 769 g/mol. The normalized spacial score (nSPS) is 12.3. The Bertz CT molecular complexity index is 2420. The molecule has 0 fully saturated rings. The van der Waals surface area contributed by atoms with Gasteiger partial charge in [-0.15, -0.1) is 10.2 Å². The lowest BCUT2D eigenvalue weighted by Gasteiger charge is -2.26. The van der Waals surface area contributed by atoms with E-state index in [0.29, 0.717) is 37.8 Å². The molecule has 0 radical (unpaired) electrons. The van der Waals surface area contributed by atoms with E-state index in [1.807, 2.05) is 50.7 Å². The molecule has 5 N–H and O–H groups in total. The van der Waals surface area contributed by atoms with Crippen LogP contribution in [0.5, 0.6) is 5.75 Å². The Morgan fingerprint density at radius 2 is 1.49 bits per heavy atom. The summed E-state index contributed by atoms with van der Waals surface area (Å²) < 4.78 is 80.5. The molecule has 20 heteroatoms. The molecule has 0 atom stereocenters. The first-order chi connectivity index (χ1) is 26.0. The second-order valence-electron chi connectivity index (χ2n) is 12.5. The van der Waals surface area contributed by atoms with E-state index in [4.69, 9.17) is 8.85 Å². The summed E-state index contributed by atoms with van der Waals surface area (Å²) in [4.78, 5) is 14.5. The second kappa shape index (κ2) is 17.1. The van der Waals surface area contributed by atoms with Crippen LogP contribution in [-0.2, 0) is 29.1 Å². The highest BCUT2D eigenvalue weighted by molar-refractivity contribution is 7.86. The molecular formula is C35H42N8O9S2Si. The van der Waals surface area contributed by atoms with Crippen molar-refractivity contribution in [2.75, 3.05) is 42.3 Å². The smallest absolute Gasteiger partial charge is 0.334 e. The molecule has 17 nitrogen and oxygen atoms in total. The molecule has 0 saturated carbocycles. The van der Waals surface area contributed by atoms with Gasteiger partial charge < -0.3 is 29.5 Å². The number of hydrogen-bond donors (Lipinski definition) is 5. The van der Waals surface area contributed by atoms with Gasteiger partial charge in [0.15, 0.2) is 5.75 Å². The van der Waals surface area contributed by atoms with Crippen LogP contribution in [0.1, 0.15) is 25.8 Å². The lowest BCUT2D eigenvalue weighted by Crippen LogP contribution is -2.39. The molecule has 5 aromatic rings. The summed E-state index contributed by atoms with van der Waals surface area (Å²) in [6.07, 6.45) is 0.682. The van der Waals surface area contributed by atoms with Gasteiger partial charge in [0, 0.05) is 37.9 Å². The van der Waals surface area contributed by atoms with Crippen LogP contribution in [0.25, 0.3) is 10.8 Å². The zero-order chi connectivity index (χ0) is 40.0. The average Bonchev–Trinajstić information content (AvgIpc) is 3.13. The number of aromatic nitrogens is 3. The van der Waals surface area contributed by atoms with Gasteiger partial charge in [-0.2, -0.15) is 31.8 Å². The number of phenols is 1. The summed E-state index contributed by atoms with van der Waals surface area (Å²) in [5.74, 6) is -0.115. The fraction of sp³-hybridized carbons (Fsp3) is 0.286. The van der Waals surface area contributed by atoms with Crippen molar-refractivity contribution in [3.8, 4) is 5.75 Å². The van der Waals surface area contributed by atoms with Gasteiger partial charge in [-0.3, -0.25) is 9.11 Å². The van der Waals surface area contributed by atoms with E-state index in [1.54, 1.807) is 24.9 Å². The minimum Gasteiger partial charge on any atom is -0.505 e. The SMILES string of the molecule is CCO[Si](C)(CCCNc1nc(Nc2cc(S(=O)(=O)O)cc3ccc(/N=N/c4ccc(C)cc4S(=O)(=O)O)c(O)c23)nc(N(C)c2ccccc2)n1)OCC. The predicted molar refractivity (Wildman–Crippen MR) is 211 cm³/mol. The van der Waals surface area contributed by atoms with E-state index < -0.39 is 44.3 Å². The third-order valence-electron chi connectivity index (χ3n) is 8.30. The zero-order valence-corrected chi connectivity index (χ0v) is 33.4. The van der Waals surface area contributed by atoms with Crippen LogP contribution >= 0.6 is 0 Å². The Kier molecular flexibility index (Phi) is 12.8. The summed E-state index contributed by atoms with van der Waals surface area (Å²) in [7, 11) is -10.0. The van der Waals surface area contributed by atoms with Gasteiger partial charge in [-0.05, 0) is 93.2 Å². The fourth-order valence-corrected chi connectivity index (χ4v) is 9.36. The maximum atomic E-state index is 12.4. The van der Waals surface area contributed by atoms with Crippen LogP contribution in [0.15, 0.2) is 92.8 Å². The number of nitrogens with zero attached hydrogens (tertiary/aromatic N) is 6. The summed E-state index contributed by atoms with van der Waals surface area (Å²) in [5, 5.41) is 26.0. The fourth-order valence-electron chi connectivity index (χ4n) is 5.70. The van der Waals surface area contributed by atoms with E-state index in [-0.39, 0.29) is 45.7 Å². The molecule has 1 aromatic heterocycles. The van der Waals surface area contributed by atoms with Crippen molar-refractivity contribution < 1.29 is 39.9 Å². The number of aromatic hydroxyl groups is 1. The number of fused-ring (bicyclic) bond motifs is 1. The van der Waals surface area contributed by atoms with Crippen molar-refractivity contribution in [3.63, 3.8) is 0 Å². The van der Waals surface area contributed by atoms with Crippen LogP contribution in [0.3, 0.4) is 0 Å². The van der Waals surface area contributed by atoms with E-state index in [9.17, 15) is 31.0 Å². The molecule has 0 bridgehead atoms. The Balaban J connectivity index is 1.57. The first-order valence-electron chi connectivity index (χ1n) is 17.1. The minimum absolute atomic E-state index is 0.0331. The van der Waals surface area contributed by atoms with Crippen molar-refractivity contribution in [1.29, 1.82) is 0 Å². The summed E-state index contributed by atoms with van der Waals surface area (Å²) in [6.45, 7) is 9.06. The molecule has 0 saturated heterocycles. The molecule has 55 heavy (non-hydrogen) atoms. The van der Waals surface area contributed by atoms with Gasteiger partial charge in [-0.1, -0.05) is 30.3 Å². The first-order valence-corrected chi connectivity index (χ1v) is 22.5. The third-order valence-corrected chi connectivity index (χ3v) is 13.1. The zero-order valence-electron chi connectivity index (χ0n) is 30.8. The second-order valence-corrected chi connectivity index (χ2v) is 18.6. The van der Waals surface area contributed by atoms with Crippen molar-refractivity contribution in [2.45, 2.75) is 49.6 Å². The first kappa shape index (κ1) is 41.1. The van der Waals surface area contributed by atoms with Crippen LogP contribution in [0.2, 0.25) is 12.6 Å². The Labute approximate surface area is 320 Å². The maximum Gasteiger partial charge on any atom is 0.334 e. The maximum absolute atomic E-state index is 12.4. The standard InChI is InChI=1S/C35H42N8O9S2Si/c1-6-51-55(5,52-7-2)19-11-18-36-33-38-34(40-35(39-33)43(4)25-12-9-8-10-13-25)37-29-22-26(53(45,46)47)21-24-15-17-28(32(44)31(24)29)42-41-27-16-14-23(3)20-30(27)54(48,49)50/h8-10,12-17,20-22,44H,6-7,11,18-19H2,1-5H3,(H,45,46,47)(H,48,49,50)(H2,36,37,38,39,40)/b42-41+. The van der Waals surface area contributed by atoms with Crippen LogP contribution in [0.4, 0.5) is 40.6 Å². The van der Waals surface area contributed by atoms with Gasteiger partial charge in [0.2, 0.25) is 17.8 Å². The molecule has 0 aliphatic heterocycles. The Morgan fingerprint density at radius 1 is 0.836 bits per heavy atom. The molecule has 292 valence electrons. The molecule has 0 spiro atoms. The minimum atomic E-state index is -4.74. The largest absolute Gasteiger partial charge is 0.505 e. The van der Waals surface area contributed by atoms with Gasteiger partial charge in [0.05, 0.1) is 10.6 Å². The van der Waals surface area contributed by atoms with E-state index in [2.05, 4.69) is 35.8 Å². The quantitative estimate of drug-likeness (QED) is 0.0266. The number of azo groups is 1. The van der Waals surface area contributed by atoms with E-state index in [1.165, 1.54) is 24.3 Å². The lowest BCUT2D eigenvalue weighted by atomic mass is 10.1. The Morgan fingerprint density at radius 3 is 2.15 bits per heavy atom. The highest BCUT2D eigenvalue weighted by Gasteiger charge is 2.30. The number of phenolic OH excluding ortho intramolecular Hbond substituents is 1. The van der Waals surface area contributed by atoms with Gasteiger partial charge in [-0.25, -0.2) is 0 Å². The van der Waals surface area contributed by atoms with E-state index >= 15 is 0 Å². The van der Waals surface area contributed by atoms with Crippen LogP contribution in [0, 0.1) is 6.92 Å².